The maximum Gasteiger partial charge on any atom is 0.330 e. The third-order valence-electron chi connectivity index (χ3n) is 3.06. The first kappa shape index (κ1) is 14.1. The molecule has 0 radical (unpaired) electrons. The van der Waals surface area contributed by atoms with E-state index in [1.807, 2.05) is 45.0 Å². The second-order valence-electron chi connectivity index (χ2n) is 5.13. The molecule has 0 saturated carbocycles. The van der Waals surface area contributed by atoms with Crippen LogP contribution in [0.15, 0.2) is 36.7 Å². The Balaban J connectivity index is 2.24. The van der Waals surface area contributed by atoms with Crippen LogP contribution in [0, 0.1) is 6.92 Å². The van der Waals surface area contributed by atoms with Crippen molar-refractivity contribution in [2.45, 2.75) is 32.9 Å². The Labute approximate surface area is 118 Å². The van der Waals surface area contributed by atoms with Crippen molar-refractivity contribution in [3.63, 3.8) is 0 Å². The molecular formula is C15H19N3O2. The Kier molecular flexibility index (Phi) is 4.08. The van der Waals surface area contributed by atoms with Crippen LogP contribution in [0.4, 0.5) is 5.69 Å². The van der Waals surface area contributed by atoms with Crippen molar-refractivity contribution in [1.82, 2.24) is 9.78 Å². The second kappa shape index (κ2) is 5.77. The molecule has 0 bridgehead atoms. The molecule has 0 spiro atoms. The average molecular weight is 273 g/mol. The number of hydrogen-bond donors (Lipinski definition) is 2. The molecule has 5 heteroatoms. The highest BCUT2D eigenvalue weighted by Gasteiger charge is 2.21. The predicted octanol–water partition coefficient (Wildman–Crippen LogP) is 3.01. The van der Waals surface area contributed by atoms with E-state index in [2.05, 4.69) is 10.4 Å². The Morgan fingerprint density at radius 1 is 1.40 bits per heavy atom. The Morgan fingerprint density at radius 2 is 2.15 bits per heavy atom. The largest absolute Gasteiger partial charge is 0.479 e. The summed E-state index contributed by atoms with van der Waals surface area (Å²) in [6.07, 6.45) is 3.37. The van der Waals surface area contributed by atoms with Crippen molar-refractivity contribution in [2.24, 2.45) is 0 Å². The van der Waals surface area contributed by atoms with Gasteiger partial charge in [0.1, 0.15) is 0 Å². The number of nitrogens with one attached hydrogen (secondary N) is 1. The third-order valence-corrected chi connectivity index (χ3v) is 3.06. The molecular weight excluding hydrogens is 254 g/mol. The highest BCUT2D eigenvalue weighted by Crippen LogP contribution is 2.21. The maximum atomic E-state index is 11.5. The first-order chi connectivity index (χ1) is 9.47. The van der Waals surface area contributed by atoms with E-state index in [1.54, 1.807) is 17.1 Å². The fraction of sp³-hybridized carbons (Fsp3) is 0.333. The van der Waals surface area contributed by atoms with E-state index in [-0.39, 0.29) is 6.04 Å². The molecule has 1 unspecified atom stereocenters. The predicted molar refractivity (Wildman–Crippen MR) is 77.8 cm³/mol. The highest BCUT2D eigenvalue weighted by atomic mass is 16.4. The van der Waals surface area contributed by atoms with Crippen LogP contribution in [0.5, 0.6) is 0 Å². The molecule has 0 fully saturated rings. The van der Waals surface area contributed by atoms with Crippen LogP contribution in [-0.4, -0.2) is 20.9 Å². The number of anilines is 1. The monoisotopic (exact) mass is 273 g/mol. The normalized spacial score (nSPS) is 12.4. The molecule has 0 aliphatic rings. The summed E-state index contributed by atoms with van der Waals surface area (Å²) in [4.78, 5) is 11.5. The van der Waals surface area contributed by atoms with Gasteiger partial charge in [0.15, 0.2) is 6.04 Å². The summed E-state index contributed by atoms with van der Waals surface area (Å²) in [5, 5.41) is 16.6. The fourth-order valence-corrected chi connectivity index (χ4v) is 1.97. The summed E-state index contributed by atoms with van der Waals surface area (Å²) < 4.78 is 1.75. The van der Waals surface area contributed by atoms with Gasteiger partial charge in [0.05, 0.1) is 6.20 Å². The van der Waals surface area contributed by atoms with Crippen LogP contribution in [0.3, 0.4) is 0 Å². The lowest BCUT2D eigenvalue weighted by atomic mass is 10.1. The zero-order chi connectivity index (χ0) is 14.7. The minimum atomic E-state index is -0.921. The van der Waals surface area contributed by atoms with Crippen molar-refractivity contribution < 1.29 is 9.90 Å². The minimum Gasteiger partial charge on any atom is -0.479 e. The highest BCUT2D eigenvalue weighted by molar-refractivity contribution is 5.79. The second-order valence-corrected chi connectivity index (χ2v) is 5.13. The molecule has 1 aromatic heterocycles. The summed E-state index contributed by atoms with van der Waals surface area (Å²) in [6.45, 7) is 5.97. The molecule has 20 heavy (non-hydrogen) atoms. The number of benzene rings is 1. The Hall–Kier alpha value is -2.30. The van der Waals surface area contributed by atoms with Crippen LogP contribution in [0.1, 0.15) is 37.1 Å². The summed E-state index contributed by atoms with van der Waals surface area (Å²) in [7, 11) is 0. The van der Waals surface area contributed by atoms with E-state index in [1.165, 1.54) is 0 Å². The fourth-order valence-electron chi connectivity index (χ4n) is 1.97. The van der Waals surface area contributed by atoms with Crippen molar-refractivity contribution >= 4 is 11.7 Å². The summed E-state index contributed by atoms with van der Waals surface area (Å²) in [5.41, 5.74) is 2.51. The van der Waals surface area contributed by atoms with Crippen molar-refractivity contribution in [2.75, 3.05) is 5.32 Å². The van der Waals surface area contributed by atoms with E-state index in [0.29, 0.717) is 5.56 Å². The van der Waals surface area contributed by atoms with E-state index >= 15 is 0 Å². The zero-order valence-corrected chi connectivity index (χ0v) is 11.9. The number of carbonyl (C=O) groups is 1. The van der Waals surface area contributed by atoms with Crippen molar-refractivity contribution in [1.29, 1.82) is 0 Å². The van der Waals surface area contributed by atoms with Gasteiger partial charge in [0, 0.05) is 23.5 Å². The van der Waals surface area contributed by atoms with Gasteiger partial charge in [-0.1, -0.05) is 12.1 Å². The number of carboxylic acids is 1. The molecule has 0 amide bonds. The number of carboxylic acid groups (broad SMARTS) is 1. The number of aromatic nitrogens is 2. The standard InChI is InChI=1S/C15H19N3O2/c1-10(2)18-9-12(8-16-18)14(15(19)20)17-13-6-4-5-11(3)7-13/h4-10,14,17H,1-3H3,(H,19,20). The molecule has 106 valence electrons. The summed E-state index contributed by atoms with van der Waals surface area (Å²) in [6, 6.07) is 7.05. The zero-order valence-electron chi connectivity index (χ0n) is 11.9. The van der Waals surface area contributed by atoms with Crippen molar-refractivity contribution in [3.8, 4) is 0 Å². The summed E-state index contributed by atoms with van der Waals surface area (Å²) >= 11 is 0. The SMILES string of the molecule is Cc1cccc(NC(C(=O)O)c2cnn(C(C)C)c2)c1. The lowest BCUT2D eigenvalue weighted by molar-refractivity contribution is -0.138. The quantitative estimate of drug-likeness (QED) is 0.878. The Bertz CT molecular complexity index is 605. The van der Waals surface area contributed by atoms with Gasteiger partial charge in [-0.2, -0.15) is 5.10 Å². The van der Waals surface area contributed by atoms with Crippen LogP contribution in [-0.2, 0) is 4.79 Å². The van der Waals surface area contributed by atoms with Crippen LogP contribution in [0.2, 0.25) is 0 Å². The summed E-state index contributed by atoms with van der Waals surface area (Å²) in [5.74, 6) is -0.921. The maximum absolute atomic E-state index is 11.5. The lowest BCUT2D eigenvalue weighted by Crippen LogP contribution is -2.20. The number of hydrogen-bond acceptors (Lipinski definition) is 3. The molecule has 2 N–H and O–H groups in total. The number of aryl methyl sites for hydroxylation is 1. The molecule has 2 rings (SSSR count). The third kappa shape index (κ3) is 3.17. The van der Waals surface area contributed by atoms with E-state index in [4.69, 9.17) is 0 Å². The molecule has 0 saturated heterocycles. The molecule has 1 aromatic carbocycles. The van der Waals surface area contributed by atoms with Gasteiger partial charge in [-0.05, 0) is 38.5 Å². The Morgan fingerprint density at radius 3 is 2.70 bits per heavy atom. The van der Waals surface area contributed by atoms with Gasteiger partial charge in [0.2, 0.25) is 0 Å². The van der Waals surface area contributed by atoms with E-state index < -0.39 is 12.0 Å². The van der Waals surface area contributed by atoms with Gasteiger partial charge < -0.3 is 10.4 Å². The molecule has 0 aliphatic heterocycles. The molecule has 2 aromatic rings. The van der Waals surface area contributed by atoms with Crippen molar-refractivity contribution in [3.05, 3.63) is 47.8 Å². The van der Waals surface area contributed by atoms with Gasteiger partial charge in [-0.25, -0.2) is 4.79 Å². The molecule has 0 aliphatic carbocycles. The van der Waals surface area contributed by atoms with Gasteiger partial charge in [-0.3, -0.25) is 4.68 Å². The van der Waals surface area contributed by atoms with Crippen LogP contribution >= 0.6 is 0 Å². The number of aliphatic carboxylic acids is 1. The van der Waals surface area contributed by atoms with E-state index in [0.717, 1.165) is 11.3 Å². The van der Waals surface area contributed by atoms with Crippen LogP contribution < -0.4 is 5.32 Å². The average Bonchev–Trinajstić information content (AvgIpc) is 2.85. The molecule has 5 nitrogen and oxygen atoms in total. The minimum absolute atomic E-state index is 0.206. The molecule has 1 heterocycles. The first-order valence-corrected chi connectivity index (χ1v) is 6.57. The van der Waals surface area contributed by atoms with Gasteiger partial charge >= 0.3 is 5.97 Å². The van der Waals surface area contributed by atoms with Gasteiger partial charge in [-0.15, -0.1) is 0 Å². The van der Waals surface area contributed by atoms with Gasteiger partial charge in [0.25, 0.3) is 0 Å². The smallest absolute Gasteiger partial charge is 0.330 e. The first-order valence-electron chi connectivity index (χ1n) is 6.57. The number of nitrogens with zero attached hydrogens (tertiary/aromatic N) is 2. The van der Waals surface area contributed by atoms with Crippen LogP contribution in [0.25, 0.3) is 0 Å². The number of rotatable bonds is 5. The lowest BCUT2D eigenvalue weighted by Gasteiger charge is -2.14. The topological polar surface area (TPSA) is 67.2 Å². The molecule has 1 atom stereocenters. The van der Waals surface area contributed by atoms with E-state index in [9.17, 15) is 9.90 Å².